The molecule has 1 aromatic carbocycles. The summed E-state index contributed by atoms with van der Waals surface area (Å²) in [6.07, 6.45) is 0.411. The number of benzene rings is 1. The smallest absolute Gasteiger partial charge is 0.182 e. The number of nitrogens with one attached hydrogen (secondary N) is 1. The van der Waals surface area contributed by atoms with Crippen molar-refractivity contribution in [3.63, 3.8) is 0 Å². The maximum atomic E-state index is 5.96. The molecule has 1 aliphatic heterocycles. The van der Waals surface area contributed by atoms with Gasteiger partial charge in [0.2, 0.25) is 0 Å². The van der Waals surface area contributed by atoms with Gasteiger partial charge >= 0.3 is 0 Å². The van der Waals surface area contributed by atoms with Crippen molar-refractivity contribution in [2.45, 2.75) is 6.42 Å². The predicted octanol–water partition coefficient (Wildman–Crippen LogP) is 2.20. The molecule has 0 radical (unpaired) electrons. The zero-order valence-corrected chi connectivity index (χ0v) is 10.3. The second kappa shape index (κ2) is 5.46. The molecule has 1 heterocycles. The molecule has 2 rings (SSSR count). The maximum Gasteiger partial charge on any atom is 0.182 e. The van der Waals surface area contributed by atoms with Crippen molar-refractivity contribution in [1.29, 1.82) is 0 Å². The molecular weight excluding hydrogens is 256 g/mol. The Labute approximate surface area is 108 Å². The van der Waals surface area contributed by atoms with Gasteiger partial charge in [0.25, 0.3) is 0 Å². The van der Waals surface area contributed by atoms with Crippen molar-refractivity contribution in [3.05, 3.63) is 23.2 Å². The standard InChI is InChI=1S/C10H11ClN6O/c1-18-8-3-2-6(4-7(8)11)13-17-16-10-5-9(12)14-15-10/h2-4H,5H2,1H3,(H2,12,14)(H,13,15,16). The minimum atomic E-state index is 0.411. The third-order valence-electron chi connectivity index (χ3n) is 2.13. The van der Waals surface area contributed by atoms with Crippen LogP contribution >= 0.6 is 11.6 Å². The summed E-state index contributed by atoms with van der Waals surface area (Å²) in [5.41, 5.74) is 8.86. The number of halogens is 1. The number of hydrogen-bond acceptors (Lipinski definition) is 6. The average Bonchev–Trinajstić information content (AvgIpc) is 2.75. The highest BCUT2D eigenvalue weighted by Crippen LogP contribution is 2.27. The third-order valence-corrected chi connectivity index (χ3v) is 2.42. The lowest BCUT2D eigenvalue weighted by Gasteiger charge is -2.04. The Kier molecular flexibility index (Phi) is 3.73. The van der Waals surface area contributed by atoms with Gasteiger partial charge in [-0.25, -0.2) is 0 Å². The Bertz CT molecular complexity index is 539. The molecule has 3 N–H and O–H groups in total. The number of methoxy groups -OCH3 is 1. The van der Waals surface area contributed by atoms with E-state index < -0.39 is 0 Å². The topological polar surface area (TPSA) is 96.7 Å². The van der Waals surface area contributed by atoms with Crippen LogP contribution in [-0.4, -0.2) is 18.8 Å². The fourth-order valence-electron chi connectivity index (χ4n) is 1.29. The van der Waals surface area contributed by atoms with E-state index in [1.807, 2.05) is 0 Å². The van der Waals surface area contributed by atoms with Crippen LogP contribution in [0.3, 0.4) is 0 Å². The first-order valence-corrected chi connectivity index (χ1v) is 5.46. The largest absolute Gasteiger partial charge is 0.495 e. The first kappa shape index (κ1) is 12.3. The van der Waals surface area contributed by atoms with Crippen molar-refractivity contribution in [3.8, 4) is 5.75 Å². The van der Waals surface area contributed by atoms with Crippen LogP contribution < -0.4 is 15.9 Å². The van der Waals surface area contributed by atoms with Crippen LogP contribution in [0.25, 0.3) is 0 Å². The van der Waals surface area contributed by atoms with E-state index in [0.717, 1.165) is 0 Å². The fraction of sp³-hybridized carbons (Fsp3) is 0.200. The summed E-state index contributed by atoms with van der Waals surface area (Å²) in [6, 6.07) is 5.18. The summed E-state index contributed by atoms with van der Waals surface area (Å²) >= 11 is 5.96. The zero-order chi connectivity index (χ0) is 13.0. The fourth-order valence-corrected chi connectivity index (χ4v) is 1.54. The Balaban J connectivity index is 1.94. The SMILES string of the molecule is COc1ccc(NN=NC2=NN=C(N)C2)cc1Cl. The molecule has 0 aliphatic carbocycles. The minimum absolute atomic E-state index is 0.411. The van der Waals surface area contributed by atoms with E-state index in [2.05, 4.69) is 26.0 Å². The van der Waals surface area contributed by atoms with E-state index in [1.54, 1.807) is 25.3 Å². The summed E-state index contributed by atoms with van der Waals surface area (Å²) in [6.45, 7) is 0. The van der Waals surface area contributed by atoms with Crippen LogP contribution in [0, 0.1) is 0 Å². The predicted molar refractivity (Wildman–Crippen MR) is 70.2 cm³/mol. The van der Waals surface area contributed by atoms with Crippen molar-refractivity contribution in [2.75, 3.05) is 12.5 Å². The molecule has 0 bridgehead atoms. The maximum absolute atomic E-state index is 5.96. The van der Waals surface area contributed by atoms with Gasteiger partial charge in [-0.2, -0.15) is 0 Å². The van der Waals surface area contributed by atoms with E-state index in [1.165, 1.54) is 0 Å². The van der Waals surface area contributed by atoms with Gasteiger partial charge in [0.1, 0.15) is 11.6 Å². The Morgan fingerprint density at radius 3 is 2.89 bits per heavy atom. The Morgan fingerprint density at radius 1 is 1.44 bits per heavy atom. The van der Waals surface area contributed by atoms with E-state index >= 15 is 0 Å². The van der Waals surface area contributed by atoms with Crippen LogP contribution in [0.2, 0.25) is 5.02 Å². The first-order valence-electron chi connectivity index (χ1n) is 5.08. The molecule has 18 heavy (non-hydrogen) atoms. The lowest BCUT2D eigenvalue weighted by atomic mass is 10.3. The molecule has 0 atom stereocenters. The number of nitrogens with two attached hydrogens (primary N) is 1. The van der Waals surface area contributed by atoms with Crippen LogP contribution in [0.15, 0.2) is 38.7 Å². The van der Waals surface area contributed by atoms with E-state index in [4.69, 9.17) is 22.1 Å². The number of ether oxygens (including phenoxy) is 1. The van der Waals surface area contributed by atoms with Crippen molar-refractivity contribution in [2.24, 2.45) is 26.3 Å². The molecule has 0 spiro atoms. The number of rotatable bonds is 3. The molecule has 0 saturated heterocycles. The summed E-state index contributed by atoms with van der Waals surface area (Å²) in [7, 11) is 1.55. The second-order valence-electron chi connectivity index (χ2n) is 3.45. The molecule has 1 aliphatic rings. The lowest BCUT2D eigenvalue weighted by Crippen LogP contribution is -2.10. The molecule has 0 aromatic heterocycles. The van der Waals surface area contributed by atoms with E-state index in [9.17, 15) is 0 Å². The third kappa shape index (κ3) is 2.95. The van der Waals surface area contributed by atoms with Crippen LogP contribution in [0.1, 0.15) is 6.42 Å². The van der Waals surface area contributed by atoms with Gasteiger partial charge in [0, 0.05) is 0 Å². The first-order chi connectivity index (χ1) is 8.69. The van der Waals surface area contributed by atoms with Crippen molar-refractivity contribution < 1.29 is 4.74 Å². The summed E-state index contributed by atoms with van der Waals surface area (Å²) in [5.74, 6) is 1.48. The summed E-state index contributed by atoms with van der Waals surface area (Å²) in [5, 5.41) is 15.5. The summed E-state index contributed by atoms with van der Waals surface area (Å²) < 4.78 is 5.04. The zero-order valence-electron chi connectivity index (χ0n) is 9.59. The molecule has 0 fully saturated rings. The Morgan fingerprint density at radius 2 is 2.28 bits per heavy atom. The van der Waals surface area contributed by atoms with Gasteiger partial charge in [-0.15, -0.1) is 15.3 Å². The van der Waals surface area contributed by atoms with Crippen LogP contribution in [0.5, 0.6) is 5.75 Å². The Hall–Kier alpha value is -2.15. The van der Waals surface area contributed by atoms with Crippen molar-refractivity contribution in [1.82, 2.24) is 0 Å². The van der Waals surface area contributed by atoms with Gasteiger partial charge in [0.05, 0.1) is 24.2 Å². The molecule has 1 aromatic rings. The van der Waals surface area contributed by atoms with Gasteiger partial charge in [-0.05, 0) is 18.2 Å². The number of hydrogen-bond donors (Lipinski definition) is 2. The lowest BCUT2D eigenvalue weighted by molar-refractivity contribution is 0.415. The van der Waals surface area contributed by atoms with Gasteiger partial charge in [0.15, 0.2) is 5.84 Å². The normalized spacial score (nSPS) is 14.6. The molecule has 0 unspecified atom stereocenters. The molecule has 7 nitrogen and oxygen atoms in total. The highest BCUT2D eigenvalue weighted by molar-refractivity contribution is 6.32. The number of nitrogens with zero attached hydrogens (tertiary/aromatic N) is 4. The molecular formula is C10H11ClN6O. The van der Waals surface area contributed by atoms with Gasteiger partial charge in [-0.3, -0.25) is 5.43 Å². The summed E-state index contributed by atoms with van der Waals surface area (Å²) in [4.78, 5) is 0. The molecule has 0 amide bonds. The average molecular weight is 267 g/mol. The van der Waals surface area contributed by atoms with Crippen LogP contribution in [0.4, 0.5) is 5.69 Å². The monoisotopic (exact) mass is 266 g/mol. The molecule has 94 valence electrons. The van der Waals surface area contributed by atoms with E-state index in [0.29, 0.717) is 34.6 Å². The second-order valence-corrected chi connectivity index (χ2v) is 3.85. The highest BCUT2D eigenvalue weighted by atomic mass is 35.5. The quantitative estimate of drug-likeness (QED) is 0.648. The molecule has 0 saturated carbocycles. The van der Waals surface area contributed by atoms with E-state index in [-0.39, 0.29) is 0 Å². The minimum Gasteiger partial charge on any atom is -0.495 e. The van der Waals surface area contributed by atoms with Crippen molar-refractivity contribution >= 4 is 29.0 Å². The number of anilines is 1. The van der Waals surface area contributed by atoms with Gasteiger partial charge in [-0.1, -0.05) is 16.8 Å². The number of amidine groups is 2. The van der Waals surface area contributed by atoms with Gasteiger partial charge < -0.3 is 10.5 Å². The highest BCUT2D eigenvalue weighted by Gasteiger charge is 2.07. The van der Waals surface area contributed by atoms with Crippen LogP contribution in [-0.2, 0) is 0 Å². The molecule has 8 heteroatoms.